The Bertz CT molecular complexity index is 534. The van der Waals surface area contributed by atoms with Crippen molar-refractivity contribution in [1.29, 1.82) is 0 Å². The molecule has 2 rings (SSSR count). The van der Waals surface area contributed by atoms with Gasteiger partial charge in [0.25, 0.3) is 0 Å². The molecule has 0 bridgehead atoms. The van der Waals surface area contributed by atoms with Crippen LogP contribution in [0.1, 0.15) is 17.0 Å². The largest absolute Gasteiger partial charge is 0.487 e. The van der Waals surface area contributed by atoms with Crippen LogP contribution in [0, 0.1) is 19.7 Å². The Morgan fingerprint density at radius 1 is 1.29 bits per heavy atom. The van der Waals surface area contributed by atoms with Gasteiger partial charge in [0.05, 0.1) is 11.4 Å². The highest BCUT2D eigenvalue weighted by Gasteiger charge is 2.05. The zero-order chi connectivity index (χ0) is 12.4. The Kier molecular flexibility index (Phi) is 3.13. The van der Waals surface area contributed by atoms with Gasteiger partial charge in [0, 0.05) is 7.05 Å². The Morgan fingerprint density at radius 2 is 2.06 bits per heavy atom. The van der Waals surface area contributed by atoms with Crippen molar-refractivity contribution in [2.75, 3.05) is 0 Å². The molecule has 0 amide bonds. The summed E-state index contributed by atoms with van der Waals surface area (Å²) in [6, 6.07) is 6.48. The highest BCUT2D eigenvalue weighted by atomic mass is 19.1. The van der Waals surface area contributed by atoms with Crippen LogP contribution in [0.15, 0.2) is 24.3 Å². The number of aryl methyl sites for hydroxylation is 3. The van der Waals surface area contributed by atoms with E-state index in [0.717, 1.165) is 17.0 Å². The smallest absolute Gasteiger partial charge is 0.130 e. The molecule has 0 aliphatic carbocycles. The van der Waals surface area contributed by atoms with E-state index in [2.05, 4.69) is 5.10 Å². The van der Waals surface area contributed by atoms with E-state index in [1.165, 1.54) is 12.1 Å². The fourth-order valence-electron chi connectivity index (χ4n) is 1.73. The molecule has 90 valence electrons. The summed E-state index contributed by atoms with van der Waals surface area (Å²) in [5.74, 6) is 0.455. The fraction of sp³-hybridized carbons (Fsp3) is 0.308. The van der Waals surface area contributed by atoms with Crippen LogP contribution in [0.5, 0.6) is 5.75 Å². The molecule has 1 aromatic heterocycles. The number of rotatable bonds is 3. The van der Waals surface area contributed by atoms with Crippen LogP contribution in [0.25, 0.3) is 0 Å². The maximum Gasteiger partial charge on any atom is 0.130 e. The van der Waals surface area contributed by atoms with Crippen LogP contribution in [-0.4, -0.2) is 9.78 Å². The topological polar surface area (TPSA) is 27.1 Å². The van der Waals surface area contributed by atoms with Crippen molar-refractivity contribution in [2.45, 2.75) is 20.5 Å². The normalized spacial score (nSPS) is 10.6. The quantitative estimate of drug-likeness (QED) is 0.816. The first-order valence-corrected chi connectivity index (χ1v) is 5.45. The summed E-state index contributed by atoms with van der Waals surface area (Å²) in [6.07, 6.45) is 0. The van der Waals surface area contributed by atoms with E-state index in [-0.39, 0.29) is 5.82 Å². The van der Waals surface area contributed by atoms with Gasteiger partial charge in [-0.25, -0.2) is 4.39 Å². The SMILES string of the molecule is Cc1cc(COc2ccc(F)cc2C)n(C)n1. The van der Waals surface area contributed by atoms with Gasteiger partial charge in [0.15, 0.2) is 0 Å². The molecule has 0 aliphatic heterocycles. The number of hydrogen-bond acceptors (Lipinski definition) is 2. The lowest BCUT2D eigenvalue weighted by molar-refractivity contribution is 0.292. The molecule has 0 atom stereocenters. The van der Waals surface area contributed by atoms with Crippen molar-refractivity contribution in [1.82, 2.24) is 9.78 Å². The Labute approximate surface area is 99.8 Å². The third-order valence-corrected chi connectivity index (χ3v) is 2.61. The number of nitrogens with zero attached hydrogens (tertiary/aromatic N) is 2. The Balaban J connectivity index is 2.10. The second kappa shape index (κ2) is 4.57. The van der Waals surface area contributed by atoms with E-state index in [9.17, 15) is 4.39 Å². The summed E-state index contributed by atoms with van der Waals surface area (Å²) in [4.78, 5) is 0. The first-order chi connectivity index (χ1) is 8.06. The molecule has 1 aromatic carbocycles. The van der Waals surface area contributed by atoms with Crippen molar-refractivity contribution in [3.63, 3.8) is 0 Å². The molecule has 2 aromatic rings. The zero-order valence-corrected chi connectivity index (χ0v) is 10.2. The van der Waals surface area contributed by atoms with Gasteiger partial charge in [-0.3, -0.25) is 4.68 Å². The van der Waals surface area contributed by atoms with Gasteiger partial charge in [-0.05, 0) is 43.7 Å². The molecule has 0 fully saturated rings. The van der Waals surface area contributed by atoms with E-state index < -0.39 is 0 Å². The van der Waals surface area contributed by atoms with E-state index >= 15 is 0 Å². The second-order valence-corrected chi connectivity index (χ2v) is 4.10. The minimum atomic E-state index is -0.244. The molecule has 1 heterocycles. The van der Waals surface area contributed by atoms with Gasteiger partial charge >= 0.3 is 0 Å². The van der Waals surface area contributed by atoms with E-state index in [0.29, 0.717) is 12.4 Å². The van der Waals surface area contributed by atoms with Crippen molar-refractivity contribution >= 4 is 0 Å². The molecule has 17 heavy (non-hydrogen) atoms. The summed E-state index contributed by atoms with van der Waals surface area (Å²) < 4.78 is 20.3. The van der Waals surface area contributed by atoms with Crippen LogP contribution in [0.4, 0.5) is 4.39 Å². The lowest BCUT2D eigenvalue weighted by atomic mass is 10.2. The summed E-state index contributed by atoms with van der Waals surface area (Å²) in [5, 5.41) is 4.24. The number of ether oxygens (including phenoxy) is 1. The molecule has 4 heteroatoms. The number of halogens is 1. The summed E-state index contributed by atoms with van der Waals surface area (Å²) in [6.45, 7) is 4.20. The molecule has 0 spiro atoms. The van der Waals surface area contributed by atoms with Gasteiger partial charge in [0.2, 0.25) is 0 Å². The lowest BCUT2D eigenvalue weighted by Gasteiger charge is -2.08. The molecule has 0 saturated carbocycles. The maximum absolute atomic E-state index is 12.9. The third kappa shape index (κ3) is 2.64. The van der Waals surface area contributed by atoms with E-state index in [1.54, 1.807) is 10.7 Å². The first kappa shape index (κ1) is 11.6. The molecule has 0 N–H and O–H groups in total. The molecular weight excluding hydrogens is 219 g/mol. The van der Waals surface area contributed by atoms with Crippen LogP contribution in [-0.2, 0) is 13.7 Å². The summed E-state index contributed by atoms with van der Waals surface area (Å²) in [7, 11) is 1.88. The predicted octanol–water partition coefficient (Wildman–Crippen LogP) is 2.76. The van der Waals surface area contributed by atoms with Gasteiger partial charge in [-0.1, -0.05) is 0 Å². The standard InChI is InChI=1S/C13H15FN2O/c1-9-6-11(14)4-5-13(9)17-8-12-7-10(2)15-16(12)3/h4-7H,8H2,1-3H3. The van der Waals surface area contributed by atoms with E-state index in [1.807, 2.05) is 27.0 Å². The molecule has 0 radical (unpaired) electrons. The minimum Gasteiger partial charge on any atom is -0.487 e. The first-order valence-electron chi connectivity index (χ1n) is 5.45. The molecule has 0 unspecified atom stereocenters. The maximum atomic E-state index is 12.9. The molecule has 3 nitrogen and oxygen atoms in total. The zero-order valence-electron chi connectivity index (χ0n) is 10.2. The van der Waals surface area contributed by atoms with Gasteiger partial charge in [-0.15, -0.1) is 0 Å². The van der Waals surface area contributed by atoms with Crippen molar-refractivity contribution in [2.24, 2.45) is 7.05 Å². The van der Waals surface area contributed by atoms with Gasteiger partial charge in [0.1, 0.15) is 18.2 Å². The fourth-order valence-corrected chi connectivity index (χ4v) is 1.73. The highest BCUT2D eigenvalue weighted by molar-refractivity contribution is 5.32. The predicted molar refractivity (Wildman–Crippen MR) is 63.4 cm³/mol. The van der Waals surface area contributed by atoms with Crippen LogP contribution < -0.4 is 4.74 Å². The third-order valence-electron chi connectivity index (χ3n) is 2.61. The van der Waals surface area contributed by atoms with Gasteiger partial charge in [-0.2, -0.15) is 5.10 Å². The summed E-state index contributed by atoms with van der Waals surface area (Å²) >= 11 is 0. The van der Waals surface area contributed by atoms with Crippen LogP contribution >= 0.6 is 0 Å². The van der Waals surface area contributed by atoms with Crippen LogP contribution in [0.2, 0.25) is 0 Å². The Hall–Kier alpha value is -1.84. The number of aromatic nitrogens is 2. The second-order valence-electron chi connectivity index (χ2n) is 4.10. The lowest BCUT2D eigenvalue weighted by Crippen LogP contribution is -2.03. The molecule has 0 saturated heterocycles. The van der Waals surface area contributed by atoms with Crippen LogP contribution in [0.3, 0.4) is 0 Å². The molecule has 0 aliphatic rings. The Morgan fingerprint density at radius 3 is 2.65 bits per heavy atom. The van der Waals surface area contributed by atoms with Crippen molar-refractivity contribution < 1.29 is 9.13 Å². The monoisotopic (exact) mass is 234 g/mol. The average Bonchev–Trinajstić information content (AvgIpc) is 2.56. The van der Waals surface area contributed by atoms with Gasteiger partial charge < -0.3 is 4.74 Å². The average molecular weight is 234 g/mol. The number of benzene rings is 1. The highest BCUT2D eigenvalue weighted by Crippen LogP contribution is 2.19. The van der Waals surface area contributed by atoms with Crippen molar-refractivity contribution in [3.8, 4) is 5.75 Å². The van der Waals surface area contributed by atoms with E-state index in [4.69, 9.17) is 4.74 Å². The summed E-state index contributed by atoms with van der Waals surface area (Å²) in [5.41, 5.74) is 2.75. The molecular formula is C13H15FN2O. The number of hydrogen-bond donors (Lipinski definition) is 0. The minimum absolute atomic E-state index is 0.244. The van der Waals surface area contributed by atoms with Crippen molar-refractivity contribution in [3.05, 3.63) is 47.0 Å².